The molecule has 0 spiro atoms. The van der Waals surface area contributed by atoms with Gasteiger partial charge in [-0.05, 0) is 31.2 Å². The van der Waals surface area contributed by atoms with Gasteiger partial charge in [-0.25, -0.2) is 4.98 Å². The van der Waals surface area contributed by atoms with Crippen LogP contribution in [0.15, 0.2) is 47.9 Å². The molecule has 2 heterocycles. The fourth-order valence-electron chi connectivity index (χ4n) is 2.31. The number of hydrogen-bond acceptors (Lipinski definition) is 7. The van der Waals surface area contributed by atoms with E-state index in [-0.39, 0.29) is 11.2 Å². The Morgan fingerprint density at radius 2 is 1.89 bits per heavy atom. The predicted molar refractivity (Wildman–Crippen MR) is 103 cm³/mol. The molecule has 1 atom stereocenters. The number of thioether (sulfide) groups is 1. The van der Waals surface area contributed by atoms with Gasteiger partial charge in [-0.3, -0.25) is 14.9 Å². The molecule has 0 radical (unpaired) electrons. The molecule has 3 aromatic rings. The monoisotopic (exact) mass is 385 g/mol. The van der Waals surface area contributed by atoms with Crippen molar-refractivity contribution < 1.29 is 14.3 Å². The number of anilines is 1. The molecule has 0 bridgehead atoms. The highest BCUT2D eigenvalue weighted by molar-refractivity contribution is 8.00. The lowest BCUT2D eigenvalue weighted by Gasteiger charge is -2.12. The van der Waals surface area contributed by atoms with Gasteiger partial charge in [-0.1, -0.05) is 11.8 Å². The Kier molecular flexibility index (Phi) is 5.92. The van der Waals surface area contributed by atoms with Crippen LogP contribution in [0.2, 0.25) is 0 Å². The molecule has 0 fully saturated rings. The van der Waals surface area contributed by atoms with E-state index in [2.05, 4.69) is 25.5 Å². The Bertz CT molecular complexity index is 916. The van der Waals surface area contributed by atoms with E-state index in [9.17, 15) is 4.79 Å². The number of hydrogen-bond donors (Lipinski definition) is 2. The molecule has 0 aliphatic heterocycles. The Morgan fingerprint density at radius 1 is 1.15 bits per heavy atom. The van der Waals surface area contributed by atoms with Crippen molar-refractivity contribution in [1.29, 1.82) is 0 Å². The number of nitrogens with one attached hydrogen (secondary N) is 2. The Labute approximate surface area is 160 Å². The summed E-state index contributed by atoms with van der Waals surface area (Å²) in [7, 11) is 3.11. The van der Waals surface area contributed by atoms with Crippen LogP contribution in [0.25, 0.3) is 11.4 Å². The number of H-pyrrole nitrogens is 1. The summed E-state index contributed by atoms with van der Waals surface area (Å²) in [5.41, 5.74) is 1.50. The van der Waals surface area contributed by atoms with Crippen molar-refractivity contribution in [3.05, 3.63) is 42.7 Å². The average Bonchev–Trinajstić information content (AvgIpc) is 3.17. The van der Waals surface area contributed by atoms with Gasteiger partial charge in [-0.2, -0.15) is 0 Å². The number of ether oxygens (including phenoxy) is 2. The molecule has 1 aromatic carbocycles. The lowest BCUT2D eigenvalue weighted by Crippen LogP contribution is -2.22. The molecule has 2 aromatic heterocycles. The van der Waals surface area contributed by atoms with Crippen molar-refractivity contribution in [2.75, 3.05) is 19.5 Å². The minimum Gasteiger partial charge on any atom is -0.493 e. The zero-order valence-electron chi connectivity index (χ0n) is 15.1. The zero-order chi connectivity index (χ0) is 19.2. The maximum Gasteiger partial charge on any atom is 0.237 e. The first-order valence-electron chi connectivity index (χ1n) is 8.13. The van der Waals surface area contributed by atoms with E-state index in [0.717, 1.165) is 5.56 Å². The van der Waals surface area contributed by atoms with Gasteiger partial charge >= 0.3 is 0 Å². The summed E-state index contributed by atoms with van der Waals surface area (Å²) in [6, 6.07) is 8.88. The third-order valence-corrected chi connectivity index (χ3v) is 4.68. The second-order valence-electron chi connectivity index (χ2n) is 5.52. The van der Waals surface area contributed by atoms with E-state index in [4.69, 9.17) is 9.47 Å². The van der Waals surface area contributed by atoms with Crippen LogP contribution in [0.4, 0.5) is 5.69 Å². The summed E-state index contributed by atoms with van der Waals surface area (Å²) in [5, 5.41) is 10.00. The van der Waals surface area contributed by atoms with Crippen molar-refractivity contribution in [3.63, 3.8) is 0 Å². The van der Waals surface area contributed by atoms with Gasteiger partial charge in [0.25, 0.3) is 0 Å². The zero-order valence-corrected chi connectivity index (χ0v) is 15.9. The first-order chi connectivity index (χ1) is 13.1. The molecule has 0 unspecified atom stereocenters. The summed E-state index contributed by atoms with van der Waals surface area (Å²) in [6.45, 7) is 1.79. The number of methoxy groups -OCH3 is 2. The topological polar surface area (TPSA) is 102 Å². The van der Waals surface area contributed by atoms with Gasteiger partial charge in [0, 0.05) is 29.7 Å². The highest BCUT2D eigenvalue weighted by Crippen LogP contribution is 2.30. The molecule has 8 nitrogen and oxygen atoms in total. The molecule has 27 heavy (non-hydrogen) atoms. The van der Waals surface area contributed by atoms with Gasteiger partial charge < -0.3 is 14.8 Å². The molecule has 140 valence electrons. The number of nitrogens with zero attached hydrogens (tertiary/aromatic N) is 3. The second kappa shape index (κ2) is 8.54. The van der Waals surface area contributed by atoms with Gasteiger partial charge in [0.1, 0.15) is 0 Å². The van der Waals surface area contributed by atoms with Crippen molar-refractivity contribution in [1.82, 2.24) is 20.2 Å². The summed E-state index contributed by atoms with van der Waals surface area (Å²) in [5.74, 6) is 1.61. The fourth-order valence-corrected chi connectivity index (χ4v) is 3.03. The molecule has 0 saturated heterocycles. The molecule has 9 heteroatoms. The number of rotatable bonds is 7. The summed E-state index contributed by atoms with van der Waals surface area (Å²) < 4.78 is 10.4. The lowest BCUT2D eigenvalue weighted by molar-refractivity contribution is -0.115. The molecule has 3 rings (SSSR count). The third-order valence-electron chi connectivity index (χ3n) is 3.72. The van der Waals surface area contributed by atoms with Crippen LogP contribution in [0.5, 0.6) is 11.5 Å². The van der Waals surface area contributed by atoms with Crippen molar-refractivity contribution >= 4 is 23.4 Å². The lowest BCUT2D eigenvalue weighted by atomic mass is 10.2. The van der Waals surface area contributed by atoms with E-state index in [1.54, 1.807) is 51.7 Å². The summed E-state index contributed by atoms with van der Waals surface area (Å²) in [6.07, 6.45) is 3.37. The third kappa shape index (κ3) is 4.56. The molecule has 0 saturated carbocycles. The van der Waals surface area contributed by atoms with Gasteiger partial charge in [0.05, 0.1) is 19.5 Å². The number of amides is 1. The largest absolute Gasteiger partial charge is 0.493 e. The van der Waals surface area contributed by atoms with E-state index >= 15 is 0 Å². The molecular weight excluding hydrogens is 366 g/mol. The molecule has 0 aliphatic rings. The predicted octanol–water partition coefficient (Wildman–Crippen LogP) is 3.00. The quantitative estimate of drug-likeness (QED) is 0.603. The normalized spacial score (nSPS) is 11.7. The van der Waals surface area contributed by atoms with Crippen LogP contribution in [-0.4, -0.2) is 45.5 Å². The number of benzene rings is 1. The SMILES string of the molecule is COc1ccc(NC(=O)[C@H](C)Sc2n[nH]c(-c3ccncc3)n2)cc1OC. The van der Waals surface area contributed by atoms with Crippen LogP contribution in [0.3, 0.4) is 0 Å². The maximum atomic E-state index is 12.5. The first-order valence-corrected chi connectivity index (χ1v) is 9.01. The number of carbonyl (C=O) groups is 1. The van der Waals surface area contributed by atoms with Gasteiger partial charge in [0.2, 0.25) is 11.1 Å². The van der Waals surface area contributed by atoms with E-state index in [1.807, 2.05) is 12.1 Å². The smallest absolute Gasteiger partial charge is 0.237 e. The van der Waals surface area contributed by atoms with Crippen molar-refractivity contribution in [2.24, 2.45) is 0 Å². The standard InChI is InChI=1S/C18H19N5O3S/c1-11(17(24)20-13-4-5-14(25-2)15(10-13)26-3)27-18-21-16(22-23-18)12-6-8-19-9-7-12/h4-11H,1-3H3,(H,20,24)(H,21,22,23)/t11-/m0/s1. The summed E-state index contributed by atoms with van der Waals surface area (Å²) in [4.78, 5) is 20.9. The molecule has 0 aliphatic carbocycles. The Hall–Kier alpha value is -3.07. The van der Waals surface area contributed by atoms with Gasteiger partial charge in [0.15, 0.2) is 17.3 Å². The number of aromatic amines is 1. The van der Waals surface area contributed by atoms with E-state index in [1.165, 1.54) is 11.8 Å². The Morgan fingerprint density at radius 3 is 2.59 bits per heavy atom. The second-order valence-corrected chi connectivity index (χ2v) is 6.83. The maximum absolute atomic E-state index is 12.5. The molecular formula is C18H19N5O3S. The van der Waals surface area contributed by atoms with Gasteiger partial charge in [-0.15, -0.1) is 5.10 Å². The molecule has 2 N–H and O–H groups in total. The van der Waals surface area contributed by atoms with Crippen LogP contribution in [0, 0.1) is 0 Å². The average molecular weight is 385 g/mol. The van der Waals surface area contributed by atoms with Crippen LogP contribution in [-0.2, 0) is 4.79 Å². The van der Waals surface area contributed by atoms with Crippen LogP contribution >= 0.6 is 11.8 Å². The van der Waals surface area contributed by atoms with Crippen molar-refractivity contribution in [2.45, 2.75) is 17.3 Å². The number of aromatic nitrogens is 4. The van der Waals surface area contributed by atoms with Crippen LogP contribution < -0.4 is 14.8 Å². The van der Waals surface area contributed by atoms with Crippen molar-refractivity contribution in [3.8, 4) is 22.9 Å². The highest BCUT2D eigenvalue weighted by Gasteiger charge is 2.18. The molecule has 1 amide bonds. The minimum atomic E-state index is -0.390. The van der Waals surface area contributed by atoms with Crippen LogP contribution in [0.1, 0.15) is 6.92 Å². The Balaban J connectivity index is 1.64. The number of pyridine rings is 1. The first kappa shape index (κ1) is 18.7. The van der Waals surface area contributed by atoms with E-state index < -0.39 is 0 Å². The number of carbonyl (C=O) groups excluding carboxylic acids is 1. The fraction of sp³-hybridized carbons (Fsp3) is 0.222. The minimum absolute atomic E-state index is 0.164. The van der Waals surface area contributed by atoms with E-state index in [0.29, 0.717) is 28.2 Å². The highest BCUT2D eigenvalue weighted by atomic mass is 32.2. The summed E-state index contributed by atoms with van der Waals surface area (Å²) >= 11 is 1.27.